The average molecular weight is 257 g/mol. The first kappa shape index (κ1) is 13.6. The molecular weight excluding hydrogens is 238 g/mol. The zero-order chi connectivity index (χ0) is 13.7. The van der Waals surface area contributed by atoms with Crippen LogP contribution in [0.1, 0.15) is 29.3 Å². The third kappa shape index (κ3) is 3.33. The molecule has 0 unspecified atom stereocenters. The maximum Gasteiger partial charge on any atom is 0.253 e. The van der Waals surface area contributed by atoms with E-state index in [-0.39, 0.29) is 5.91 Å². The van der Waals surface area contributed by atoms with Gasteiger partial charge in [0.1, 0.15) is 0 Å². The molecule has 0 bridgehead atoms. The van der Waals surface area contributed by atoms with E-state index in [1.807, 2.05) is 4.90 Å². The van der Waals surface area contributed by atoms with Gasteiger partial charge in [0.2, 0.25) is 0 Å². The number of nitrogens with zero attached hydrogens (tertiary/aromatic N) is 3. The molecule has 1 aliphatic heterocycles. The molecule has 100 valence electrons. The second kappa shape index (κ2) is 6.35. The Morgan fingerprint density at radius 2 is 2.05 bits per heavy atom. The zero-order valence-electron chi connectivity index (χ0n) is 11.3. The fraction of sp³-hybridized carbons (Fsp3) is 0.467. The molecule has 4 heteroatoms. The Labute approximate surface area is 114 Å². The molecule has 0 radical (unpaired) electrons. The quantitative estimate of drug-likeness (QED) is 0.828. The summed E-state index contributed by atoms with van der Waals surface area (Å²) in [6.45, 7) is 6.71. The predicted molar refractivity (Wildman–Crippen MR) is 73.8 cm³/mol. The summed E-state index contributed by atoms with van der Waals surface area (Å²) in [5.74, 6) is 0.0354. The van der Waals surface area contributed by atoms with Crippen LogP contribution < -0.4 is 0 Å². The molecular formula is C15H19N3O. The van der Waals surface area contributed by atoms with Crippen LogP contribution in [-0.2, 0) is 0 Å². The number of hydrogen-bond donors (Lipinski definition) is 0. The van der Waals surface area contributed by atoms with E-state index in [1.165, 1.54) is 0 Å². The first-order chi connectivity index (χ1) is 9.24. The number of carbonyl (C=O) groups is 1. The molecule has 19 heavy (non-hydrogen) atoms. The van der Waals surface area contributed by atoms with Crippen LogP contribution in [0.3, 0.4) is 0 Å². The van der Waals surface area contributed by atoms with E-state index in [9.17, 15) is 4.79 Å². The van der Waals surface area contributed by atoms with Gasteiger partial charge in [0, 0.05) is 31.7 Å². The smallest absolute Gasteiger partial charge is 0.253 e. The minimum Gasteiger partial charge on any atom is -0.336 e. The van der Waals surface area contributed by atoms with Crippen molar-refractivity contribution in [3.63, 3.8) is 0 Å². The summed E-state index contributed by atoms with van der Waals surface area (Å²) < 4.78 is 0. The van der Waals surface area contributed by atoms with E-state index in [0.717, 1.165) is 39.1 Å². The van der Waals surface area contributed by atoms with Crippen LogP contribution >= 0.6 is 0 Å². The highest BCUT2D eigenvalue weighted by atomic mass is 16.2. The minimum atomic E-state index is 0.0354. The zero-order valence-corrected chi connectivity index (χ0v) is 11.3. The molecule has 0 saturated carbocycles. The van der Waals surface area contributed by atoms with Gasteiger partial charge in [0.05, 0.1) is 11.6 Å². The van der Waals surface area contributed by atoms with Crippen LogP contribution in [-0.4, -0.2) is 48.4 Å². The highest BCUT2D eigenvalue weighted by Gasteiger charge is 2.21. The molecule has 0 N–H and O–H groups in total. The van der Waals surface area contributed by atoms with Crippen molar-refractivity contribution < 1.29 is 4.79 Å². The van der Waals surface area contributed by atoms with Gasteiger partial charge in [-0.05, 0) is 31.2 Å². The van der Waals surface area contributed by atoms with Crippen molar-refractivity contribution in [1.82, 2.24) is 9.80 Å². The Hall–Kier alpha value is -1.86. The molecule has 1 aliphatic rings. The SMILES string of the molecule is CCCN1CCN(C(=O)c2cccc(C#N)c2)CC1. The number of hydrogen-bond acceptors (Lipinski definition) is 3. The summed E-state index contributed by atoms with van der Waals surface area (Å²) in [4.78, 5) is 16.6. The Balaban J connectivity index is 1.99. The fourth-order valence-electron chi connectivity index (χ4n) is 2.40. The Morgan fingerprint density at radius 3 is 2.68 bits per heavy atom. The number of carbonyl (C=O) groups excluding carboxylic acids is 1. The predicted octanol–water partition coefficient (Wildman–Crippen LogP) is 1.73. The molecule has 4 nitrogen and oxygen atoms in total. The Morgan fingerprint density at radius 1 is 1.32 bits per heavy atom. The van der Waals surface area contributed by atoms with Gasteiger partial charge in [0.15, 0.2) is 0 Å². The highest BCUT2D eigenvalue weighted by molar-refractivity contribution is 5.94. The number of piperazine rings is 1. The second-order valence-corrected chi connectivity index (χ2v) is 4.83. The lowest BCUT2D eigenvalue weighted by atomic mass is 10.1. The summed E-state index contributed by atoms with van der Waals surface area (Å²) >= 11 is 0. The molecule has 0 aliphatic carbocycles. The third-order valence-corrected chi connectivity index (χ3v) is 3.44. The van der Waals surface area contributed by atoms with E-state index in [2.05, 4.69) is 17.9 Å². The molecule has 0 aromatic heterocycles. The maximum absolute atomic E-state index is 12.3. The average Bonchev–Trinajstić information content (AvgIpc) is 2.48. The number of rotatable bonds is 3. The van der Waals surface area contributed by atoms with Crippen LogP contribution in [0, 0.1) is 11.3 Å². The number of nitriles is 1. The Bertz CT molecular complexity index is 484. The standard InChI is InChI=1S/C15H19N3O/c1-2-6-17-7-9-18(10-8-17)15(19)14-5-3-4-13(11-14)12-16/h3-5,11H,2,6-10H2,1H3. The van der Waals surface area contributed by atoms with Crippen molar-refractivity contribution in [2.45, 2.75) is 13.3 Å². The van der Waals surface area contributed by atoms with Crippen LogP contribution in [0.4, 0.5) is 0 Å². The van der Waals surface area contributed by atoms with E-state index in [1.54, 1.807) is 24.3 Å². The molecule has 1 aromatic rings. The van der Waals surface area contributed by atoms with Gasteiger partial charge in [-0.1, -0.05) is 13.0 Å². The normalized spacial score (nSPS) is 16.1. The van der Waals surface area contributed by atoms with E-state index < -0.39 is 0 Å². The van der Waals surface area contributed by atoms with Gasteiger partial charge in [-0.15, -0.1) is 0 Å². The molecule has 2 rings (SSSR count). The van der Waals surface area contributed by atoms with E-state index in [4.69, 9.17) is 5.26 Å². The molecule has 1 aromatic carbocycles. The number of benzene rings is 1. The lowest BCUT2D eigenvalue weighted by Gasteiger charge is -2.34. The van der Waals surface area contributed by atoms with Gasteiger partial charge in [-0.2, -0.15) is 5.26 Å². The molecule has 1 heterocycles. The number of amides is 1. The highest BCUT2D eigenvalue weighted by Crippen LogP contribution is 2.10. The molecule has 0 spiro atoms. The summed E-state index contributed by atoms with van der Waals surface area (Å²) in [5, 5.41) is 8.87. The van der Waals surface area contributed by atoms with Crippen LogP contribution in [0.25, 0.3) is 0 Å². The fourth-order valence-corrected chi connectivity index (χ4v) is 2.40. The third-order valence-electron chi connectivity index (χ3n) is 3.44. The maximum atomic E-state index is 12.3. The monoisotopic (exact) mass is 257 g/mol. The summed E-state index contributed by atoms with van der Waals surface area (Å²) in [6, 6.07) is 9.00. The second-order valence-electron chi connectivity index (χ2n) is 4.83. The van der Waals surface area contributed by atoms with Crippen molar-refractivity contribution in [3.05, 3.63) is 35.4 Å². The van der Waals surface area contributed by atoms with Crippen LogP contribution in [0.2, 0.25) is 0 Å². The first-order valence-electron chi connectivity index (χ1n) is 6.76. The summed E-state index contributed by atoms with van der Waals surface area (Å²) in [5.41, 5.74) is 1.15. The van der Waals surface area contributed by atoms with Crippen LogP contribution in [0.5, 0.6) is 0 Å². The molecule has 1 amide bonds. The van der Waals surface area contributed by atoms with E-state index >= 15 is 0 Å². The Kier molecular flexibility index (Phi) is 4.53. The van der Waals surface area contributed by atoms with Crippen molar-refractivity contribution in [2.75, 3.05) is 32.7 Å². The lowest BCUT2D eigenvalue weighted by molar-refractivity contribution is 0.0637. The van der Waals surface area contributed by atoms with Crippen molar-refractivity contribution in [3.8, 4) is 6.07 Å². The van der Waals surface area contributed by atoms with Crippen molar-refractivity contribution in [1.29, 1.82) is 5.26 Å². The van der Waals surface area contributed by atoms with Crippen molar-refractivity contribution >= 4 is 5.91 Å². The van der Waals surface area contributed by atoms with Gasteiger partial charge in [-0.3, -0.25) is 9.69 Å². The largest absolute Gasteiger partial charge is 0.336 e. The summed E-state index contributed by atoms with van der Waals surface area (Å²) in [7, 11) is 0. The molecule has 1 fully saturated rings. The van der Waals surface area contributed by atoms with E-state index in [0.29, 0.717) is 11.1 Å². The van der Waals surface area contributed by atoms with Gasteiger partial charge < -0.3 is 4.90 Å². The molecule has 1 saturated heterocycles. The van der Waals surface area contributed by atoms with Gasteiger partial charge in [-0.25, -0.2) is 0 Å². The van der Waals surface area contributed by atoms with Gasteiger partial charge >= 0.3 is 0 Å². The minimum absolute atomic E-state index is 0.0354. The topological polar surface area (TPSA) is 47.3 Å². The molecule has 0 atom stereocenters. The summed E-state index contributed by atoms with van der Waals surface area (Å²) in [6.07, 6.45) is 1.15. The van der Waals surface area contributed by atoms with Crippen LogP contribution in [0.15, 0.2) is 24.3 Å². The van der Waals surface area contributed by atoms with Crippen molar-refractivity contribution in [2.24, 2.45) is 0 Å². The first-order valence-corrected chi connectivity index (χ1v) is 6.76. The lowest BCUT2D eigenvalue weighted by Crippen LogP contribution is -2.48. The van der Waals surface area contributed by atoms with Gasteiger partial charge in [0.25, 0.3) is 5.91 Å².